The minimum Gasteiger partial charge on any atom is -0.505 e. The van der Waals surface area contributed by atoms with Crippen LogP contribution in [-0.4, -0.2) is 70.7 Å². The van der Waals surface area contributed by atoms with E-state index >= 15 is 0 Å². The summed E-state index contributed by atoms with van der Waals surface area (Å²) in [6, 6.07) is 10.0. The second-order valence-corrected chi connectivity index (χ2v) is 15.2. The van der Waals surface area contributed by atoms with E-state index in [0.29, 0.717) is 6.07 Å². The maximum atomic E-state index is 13.1. The van der Waals surface area contributed by atoms with Gasteiger partial charge in [-0.15, -0.1) is 5.11 Å². The van der Waals surface area contributed by atoms with Crippen molar-refractivity contribution in [3.8, 4) is 5.75 Å². The van der Waals surface area contributed by atoms with Crippen molar-refractivity contribution in [2.45, 2.75) is 21.6 Å². The van der Waals surface area contributed by atoms with E-state index in [-0.39, 0.29) is 32.9 Å². The first-order valence-electron chi connectivity index (χ1n) is 12.0. The Balaban J connectivity index is 1.87. The molecule has 0 radical (unpaired) electrons. The van der Waals surface area contributed by atoms with E-state index in [9.17, 15) is 52.7 Å². The van der Waals surface area contributed by atoms with Crippen LogP contribution >= 0.6 is 0 Å². The number of aromatic hydroxyl groups is 1. The maximum Gasteiger partial charge on any atom is 0.397 e. The molecule has 0 heterocycles. The molecule has 0 aliphatic rings. The number of amides is 1. The molecular weight excluding hydrogens is 683 g/mol. The molecule has 0 saturated heterocycles. The fourth-order valence-corrected chi connectivity index (χ4v) is 7.16. The number of hydrogen-bond donors (Lipinski definition) is 5. The molecule has 0 aliphatic carbocycles. The second kappa shape index (κ2) is 12.0. The third-order valence-electron chi connectivity index (χ3n) is 6.01. The SMILES string of the molecule is CC(=O)Nc1ccc2c(O)c(N=Nc3ccc4cc(S(=O)(=O)O)cc(S(=O)(=O)CCOS(=O)(=O)O)c4c3)c(S(=O)(=O)O)cc2c1. The molecule has 4 aromatic rings. The Morgan fingerprint density at radius 2 is 1.47 bits per heavy atom. The number of anilines is 1. The van der Waals surface area contributed by atoms with Crippen molar-refractivity contribution in [2.75, 3.05) is 17.7 Å². The summed E-state index contributed by atoms with van der Waals surface area (Å²) in [5.41, 5.74) is -0.613. The van der Waals surface area contributed by atoms with E-state index in [4.69, 9.17) is 4.55 Å². The van der Waals surface area contributed by atoms with Gasteiger partial charge in [-0.05, 0) is 59.3 Å². The Morgan fingerprint density at radius 3 is 2.07 bits per heavy atom. The lowest BCUT2D eigenvalue weighted by atomic mass is 10.1. The van der Waals surface area contributed by atoms with Gasteiger partial charge in [0, 0.05) is 23.4 Å². The van der Waals surface area contributed by atoms with Gasteiger partial charge >= 0.3 is 10.4 Å². The molecule has 0 saturated carbocycles. The summed E-state index contributed by atoms with van der Waals surface area (Å²) < 4.78 is 128. The van der Waals surface area contributed by atoms with Crippen molar-refractivity contribution in [2.24, 2.45) is 10.2 Å². The molecule has 1 amide bonds. The highest BCUT2D eigenvalue weighted by Gasteiger charge is 2.25. The molecule has 0 bridgehead atoms. The number of fused-ring (bicyclic) bond motifs is 2. The van der Waals surface area contributed by atoms with Crippen molar-refractivity contribution in [1.82, 2.24) is 0 Å². The number of sulfone groups is 1. The number of nitrogens with one attached hydrogen (secondary N) is 1. The average molecular weight is 704 g/mol. The molecule has 0 atom stereocenters. The van der Waals surface area contributed by atoms with Gasteiger partial charge in [0.25, 0.3) is 20.2 Å². The van der Waals surface area contributed by atoms with Gasteiger partial charge in [-0.2, -0.15) is 30.4 Å². The smallest absolute Gasteiger partial charge is 0.397 e. The zero-order valence-corrected chi connectivity index (χ0v) is 25.8. The molecule has 5 N–H and O–H groups in total. The van der Waals surface area contributed by atoms with Gasteiger partial charge in [-0.25, -0.2) is 12.6 Å². The van der Waals surface area contributed by atoms with Crippen LogP contribution in [-0.2, 0) is 49.5 Å². The average Bonchev–Trinajstić information content (AvgIpc) is 2.89. The highest BCUT2D eigenvalue weighted by Crippen LogP contribution is 2.42. The van der Waals surface area contributed by atoms with Gasteiger partial charge in [0.2, 0.25) is 5.91 Å². The molecule has 0 unspecified atom stereocenters. The molecular formula is C24H21N3O14S4. The minimum absolute atomic E-state index is 0.0551. The summed E-state index contributed by atoms with van der Waals surface area (Å²) >= 11 is 0. The number of azo groups is 1. The van der Waals surface area contributed by atoms with Gasteiger partial charge in [0.05, 0.1) is 27.8 Å². The summed E-state index contributed by atoms with van der Waals surface area (Å²) in [4.78, 5) is 8.98. The summed E-state index contributed by atoms with van der Waals surface area (Å²) in [7, 11) is -19.5. The van der Waals surface area contributed by atoms with E-state index in [1.54, 1.807) is 0 Å². The van der Waals surface area contributed by atoms with Gasteiger partial charge in [-0.3, -0.25) is 18.5 Å². The zero-order chi connectivity index (χ0) is 33.5. The molecule has 4 aromatic carbocycles. The first-order chi connectivity index (χ1) is 20.7. The quantitative estimate of drug-likeness (QED) is 0.117. The van der Waals surface area contributed by atoms with Crippen LogP contribution in [0.4, 0.5) is 17.1 Å². The molecule has 45 heavy (non-hydrogen) atoms. The largest absolute Gasteiger partial charge is 0.505 e. The van der Waals surface area contributed by atoms with Crippen LogP contribution in [0.2, 0.25) is 0 Å². The number of hydrogen-bond acceptors (Lipinski definition) is 13. The Bertz CT molecular complexity index is 2360. The molecule has 0 aromatic heterocycles. The molecule has 0 spiro atoms. The monoisotopic (exact) mass is 703 g/mol. The van der Waals surface area contributed by atoms with Crippen LogP contribution in [0.1, 0.15) is 6.92 Å². The number of phenols is 1. The normalized spacial score (nSPS) is 13.1. The number of carbonyl (C=O) groups excluding carboxylic acids is 1. The first kappa shape index (κ1) is 33.8. The molecule has 240 valence electrons. The Morgan fingerprint density at radius 1 is 0.778 bits per heavy atom. The van der Waals surface area contributed by atoms with Gasteiger partial charge in [0.15, 0.2) is 15.6 Å². The third-order valence-corrected chi connectivity index (χ3v) is 9.88. The van der Waals surface area contributed by atoms with Crippen LogP contribution in [0.15, 0.2) is 79.5 Å². The van der Waals surface area contributed by atoms with Crippen LogP contribution in [0, 0.1) is 0 Å². The van der Waals surface area contributed by atoms with E-state index < -0.39 is 84.9 Å². The number of phenolic OH excluding ortho intramolecular Hbond substituents is 1. The summed E-state index contributed by atoms with van der Waals surface area (Å²) in [5, 5.41) is 20.9. The van der Waals surface area contributed by atoms with Crippen LogP contribution < -0.4 is 5.32 Å². The Labute approximate surface area is 255 Å². The van der Waals surface area contributed by atoms with Crippen molar-refractivity contribution in [3.63, 3.8) is 0 Å². The molecule has 0 aliphatic heterocycles. The fraction of sp³-hybridized carbons (Fsp3) is 0.125. The van der Waals surface area contributed by atoms with E-state index in [0.717, 1.165) is 18.2 Å². The first-order valence-corrected chi connectivity index (χ1v) is 17.9. The van der Waals surface area contributed by atoms with E-state index in [1.165, 1.54) is 37.3 Å². The van der Waals surface area contributed by atoms with Crippen molar-refractivity contribution in [3.05, 3.63) is 54.6 Å². The van der Waals surface area contributed by atoms with Crippen molar-refractivity contribution >= 4 is 85.0 Å². The lowest BCUT2D eigenvalue weighted by molar-refractivity contribution is -0.114. The summed E-state index contributed by atoms with van der Waals surface area (Å²) in [5.74, 6) is -2.21. The lowest BCUT2D eigenvalue weighted by Crippen LogP contribution is -2.16. The third kappa shape index (κ3) is 7.96. The van der Waals surface area contributed by atoms with Crippen LogP contribution in [0.3, 0.4) is 0 Å². The number of nitrogens with zero attached hydrogens (tertiary/aromatic N) is 2. The minimum atomic E-state index is -5.02. The standard InChI is InChI=1S/C24H21N3O14S4/c1-13(28)25-16-4-5-19-15(8-16)10-22(44(35,36)37)23(24(19)29)27-26-17-3-2-14-9-18(43(32,33)34)12-21(20(14)11-17)42(30,31)7-6-41-45(38,39)40/h2-5,8-12,29H,6-7H2,1H3,(H,25,28)(H,32,33,34)(H,35,36,37)(H,38,39,40). The van der Waals surface area contributed by atoms with Gasteiger partial charge in [0.1, 0.15) is 10.6 Å². The molecule has 4 rings (SSSR count). The second-order valence-electron chi connectivity index (χ2n) is 9.23. The Kier molecular flexibility index (Phi) is 9.02. The van der Waals surface area contributed by atoms with E-state index in [2.05, 4.69) is 19.7 Å². The topological polar surface area (TPSA) is 281 Å². The molecule has 21 heteroatoms. The van der Waals surface area contributed by atoms with Crippen molar-refractivity contribution in [1.29, 1.82) is 0 Å². The highest BCUT2D eigenvalue weighted by molar-refractivity contribution is 7.91. The van der Waals surface area contributed by atoms with Gasteiger partial charge in [-0.1, -0.05) is 6.07 Å². The summed E-state index contributed by atoms with van der Waals surface area (Å²) in [6.45, 7) is 0.190. The van der Waals surface area contributed by atoms with Crippen LogP contribution in [0.5, 0.6) is 5.75 Å². The molecule has 0 fully saturated rings. The summed E-state index contributed by atoms with van der Waals surface area (Å²) in [6.07, 6.45) is 0. The van der Waals surface area contributed by atoms with Gasteiger partial charge < -0.3 is 10.4 Å². The molecule has 17 nitrogen and oxygen atoms in total. The number of rotatable bonds is 10. The van der Waals surface area contributed by atoms with Crippen molar-refractivity contribution < 1.29 is 61.4 Å². The zero-order valence-electron chi connectivity index (χ0n) is 22.5. The predicted molar refractivity (Wildman–Crippen MR) is 157 cm³/mol. The predicted octanol–water partition coefficient (Wildman–Crippen LogP) is 3.16. The Hall–Kier alpha value is -4.09. The van der Waals surface area contributed by atoms with Crippen LogP contribution in [0.25, 0.3) is 21.5 Å². The number of benzene rings is 4. The lowest BCUT2D eigenvalue weighted by Gasteiger charge is -2.11. The maximum absolute atomic E-state index is 13.1. The highest BCUT2D eigenvalue weighted by atomic mass is 32.3. The van der Waals surface area contributed by atoms with E-state index in [1.807, 2.05) is 0 Å². The number of carbonyl (C=O) groups is 1. The fourth-order valence-electron chi connectivity index (χ4n) is 4.15.